The number of para-hydroxylation sites is 1. The van der Waals surface area contributed by atoms with Crippen molar-refractivity contribution in [2.24, 2.45) is 15.0 Å². The number of fused-ring (bicyclic) bond motifs is 1. The molecule has 49 heavy (non-hydrogen) atoms. The van der Waals surface area contributed by atoms with Crippen molar-refractivity contribution >= 4 is 47.1 Å². The quantitative estimate of drug-likeness (QED) is 0.310. The Labute approximate surface area is 279 Å². The summed E-state index contributed by atoms with van der Waals surface area (Å²) in [6.07, 6.45) is -4.50. The molecule has 256 valence electrons. The van der Waals surface area contributed by atoms with Gasteiger partial charge in [-0.25, -0.2) is 14.6 Å². The molecule has 2 aromatic rings. The van der Waals surface area contributed by atoms with Gasteiger partial charge in [-0.05, 0) is 67.2 Å². The van der Waals surface area contributed by atoms with Crippen molar-refractivity contribution in [1.29, 1.82) is 0 Å². The van der Waals surface area contributed by atoms with E-state index in [9.17, 15) is 37.5 Å². The van der Waals surface area contributed by atoms with Crippen LogP contribution in [0.3, 0.4) is 0 Å². The highest BCUT2D eigenvalue weighted by Gasteiger charge is 2.37. The molecule has 2 aliphatic rings. The third-order valence-electron chi connectivity index (χ3n) is 7.89. The average Bonchev–Trinajstić information content (AvgIpc) is 3.23. The highest BCUT2D eigenvalue weighted by atomic mass is 19.4. The largest absolute Gasteiger partial charge is 0.507 e. The Bertz CT molecular complexity index is 1790. The predicted octanol–water partition coefficient (Wildman–Crippen LogP) is 4.50. The van der Waals surface area contributed by atoms with Gasteiger partial charge in [-0.3, -0.25) is 9.59 Å². The number of halogens is 3. The maximum absolute atomic E-state index is 13.3. The Morgan fingerprint density at radius 3 is 2.47 bits per heavy atom. The van der Waals surface area contributed by atoms with Gasteiger partial charge in [0.15, 0.2) is 6.10 Å². The number of ether oxygens (including phenoxy) is 1. The summed E-state index contributed by atoms with van der Waals surface area (Å²) < 4.78 is 42.1. The summed E-state index contributed by atoms with van der Waals surface area (Å²) in [6.45, 7) is 3.36. The fourth-order valence-corrected chi connectivity index (χ4v) is 5.37. The first-order valence-corrected chi connectivity index (χ1v) is 15.3. The van der Waals surface area contributed by atoms with Crippen LogP contribution in [-0.2, 0) is 27.2 Å². The number of hydrogen-bond acceptors (Lipinski definition) is 8. The zero-order chi connectivity index (χ0) is 35.6. The lowest BCUT2D eigenvalue weighted by Crippen LogP contribution is -2.50. The van der Waals surface area contributed by atoms with Gasteiger partial charge in [-0.1, -0.05) is 30.3 Å². The number of phenols is 1. The van der Waals surface area contributed by atoms with Crippen molar-refractivity contribution in [3.05, 3.63) is 70.6 Å². The van der Waals surface area contributed by atoms with Crippen LogP contribution in [0, 0.1) is 13.8 Å². The van der Waals surface area contributed by atoms with Gasteiger partial charge in [-0.15, -0.1) is 0 Å². The van der Waals surface area contributed by atoms with E-state index in [1.165, 1.54) is 4.90 Å². The Kier molecular flexibility index (Phi) is 12.1. The number of carbonyl (C=O) groups is 4. The van der Waals surface area contributed by atoms with E-state index < -0.39 is 36.6 Å². The molecule has 12 nitrogen and oxygen atoms in total. The van der Waals surface area contributed by atoms with Crippen molar-refractivity contribution in [2.45, 2.75) is 57.9 Å². The summed E-state index contributed by atoms with van der Waals surface area (Å²) in [5, 5.41) is 13.1. The van der Waals surface area contributed by atoms with Crippen LogP contribution in [0.2, 0.25) is 0 Å². The summed E-state index contributed by atoms with van der Waals surface area (Å²) in [4.78, 5) is 63.5. The van der Waals surface area contributed by atoms with Gasteiger partial charge in [-0.2, -0.15) is 23.2 Å². The van der Waals surface area contributed by atoms with Gasteiger partial charge >= 0.3 is 18.3 Å². The molecule has 15 heteroatoms. The maximum Gasteiger partial charge on any atom is 0.452 e. The minimum Gasteiger partial charge on any atom is -0.507 e. The van der Waals surface area contributed by atoms with E-state index in [2.05, 4.69) is 31.9 Å². The number of nitrogens with zero attached hydrogens (tertiary/aromatic N) is 5. The smallest absolute Gasteiger partial charge is 0.452 e. The molecule has 2 aliphatic heterocycles. The lowest BCUT2D eigenvalue weighted by Gasteiger charge is -2.37. The fourth-order valence-electron chi connectivity index (χ4n) is 5.37. The number of urea groups is 1. The number of hydrogen-bond donors (Lipinski definition) is 2. The lowest BCUT2D eigenvalue weighted by atomic mass is 10.0. The molecule has 0 saturated carbocycles. The molecule has 0 unspecified atom stereocenters. The van der Waals surface area contributed by atoms with Crippen LogP contribution >= 0.6 is 0 Å². The zero-order valence-corrected chi connectivity index (χ0v) is 26.7. The summed E-state index contributed by atoms with van der Waals surface area (Å²) in [5.41, 5.74) is 5.90. The number of nitrogens with one attached hydrogen (secondary N) is 1. The van der Waals surface area contributed by atoms with E-state index in [4.69, 9.17) is 4.74 Å². The number of amides is 4. The highest BCUT2D eigenvalue weighted by molar-refractivity contribution is 5.92. The molecule has 2 aromatic carbocycles. The summed E-state index contributed by atoms with van der Waals surface area (Å²) in [6, 6.07) is 10.7. The van der Waals surface area contributed by atoms with Crippen LogP contribution in [0.1, 0.15) is 35.1 Å². The van der Waals surface area contributed by atoms with E-state index >= 15 is 0 Å². The molecule has 0 aromatic heterocycles. The SMILES string of the molecule is Cc1cc(C[C@@H](OC(=O)N2CCC(N3CCc4ccccc4NC3=O)CC2)C(=O)N=C=C=CN=C=C=NCC(=O)C(F)(F)F)cc(C)c1O. The molecule has 1 fully saturated rings. The van der Waals surface area contributed by atoms with Gasteiger partial charge in [0.25, 0.3) is 11.7 Å². The Morgan fingerprint density at radius 1 is 1.08 bits per heavy atom. The molecular formula is C34H33F3N6O6. The fraction of sp³-hybridized carbons (Fsp3) is 0.382. The second-order valence-corrected chi connectivity index (χ2v) is 11.3. The van der Waals surface area contributed by atoms with Crippen molar-refractivity contribution in [3.63, 3.8) is 0 Å². The topological polar surface area (TPSA) is 153 Å². The summed E-state index contributed by atoms with van der Waals surface area (Å²) in [7, 11) is 0. The number of alkyl halides is 3. The second-order valence-electron chi connectivity index (χ2n) is 11.3. The third-order valence-corrected chi connectivity index (χ3v) is 7.89. The number of likely N-dealkylation sites (tertiary alicyclic amines) is 1. The molecule has 0 spiro atoms. The molecular weight excluding hydrogens is 645 g/mol. The van der Waals surface area contributed by atoms with Crippen LogP contribution in [0.5, 0.6) is 5.75 Å². The number of Topliss-reactive ketones (excluding diaryl/α,β-unsaturated/α-hetero) is 1. The summed E-state index contributed by atoms with van der Waals surface area (Å²) in [5.74, 6) is 3.35. The Hall–Kier alpha value is -5.70. The van der Waals surface area contributed by atoms with Crippen LogP contribution < -0.4 is 5.32 Å². The Morgan fingerprint density at radius 2 is 1.78 bits per heavy atom. The number of piperidine rings is 1. The molecule has 4 amide bonds. The van der Waals surface area contributed by atoms with Crippen molar-refractivity contribution < 1.29 is 42.2 Å². The van der Waals surface area contributed by atoms with Crippen molar-refractivity contribution in [2.75, 3.05) is 31.5 Å². The molecule has 2 heterocycles. The lowest BCUT2D eigenvalue weighted by molar-refractivity contribution is -0.169. The number of benzene rings is 2. The zero-order valence-electron chi connectivity index (χ0n) is 26.7. The predicted molar refractivity (Wildman–Crippen MR) is 173 cm³/mol. The highest BCUT2D eigenvalue weighted by Crippen LogP contribution is 2.26. The van der Waals surface area contributed by atoms with E-state index in [1.807, 2.05) is 36.0 Å². The first kappa shape index (κ1) is 36.1. The summed E-state index contributed by atoms with van der Waals surface area (Å²) >= 11 is 0. The molecule has 0 radical (unpaired) electrons. The minimum atomic E-state index is -5.00. The standard InChI is InChI=1S/C34H33F3N6O6/c1-22-18-24(19-23(2)30(22)45)20-28(31(46)40-12-5-11-38-13-14-39-21-29(44)34(35,36)37)49-33(48)42-15-9-26(10-16-42)43-17-8-25-6-3-4-7-27(25)41-32(43)47/h3-4,6-7,11,18-19,26,28,45H,8-10,15-17,20-21H2,1-2H3,(H,41,47)/t28-/m1/s1. The van der Waals surface area contributed by atoms with E-state index in [1.54, 1.807) is 30.9 Å². The molecule has 0 aliphatic carbocycles. The number of aryl methyl sites for hydroxylation is 2. The Balaban J connectivity index is 1.41. The average molecular weight is 679 g/mol. The second kappa shape index (κ2) is 16.4. The number of carbonyl (C=O) groups excluding carboxylic acids is 4. The van der Waals surface area contributed by atoms with Gasteiger partial charge in [0.1, 0.15) is 12.3 Å². The maximum atomic E-state index is 13.3. The van der Waals surface area contributed by atoms with Gasteiger partial charge < -0.3 is 25.0 Å². The third kappa shape index (κ3) is 10.1. The number of rotatable bonds is 8. The number of aliphatic imine (C=N–C) groups is 3. The van der Waals surface area contributed by atoms with Crippen molar-refractivity contribution in [1.82, 2.24) is 9.80 Å². The molecule has 1 saturated heterocycles. The molecule has 4 rings (SSSR count). The molecule has 1 atom stereocenters. The van der Waals surface area contributed by atoms with E-state index in [-0.39, 0.29) is 24.2 Å². The molecule has 0 bridgehead atoms. The van der Waals surface area contributed by atoms with Crippen molar-refractivity contribution in [3.8, 4) is 5.75 Å². The van der Waals surface area contributed by atoms with Gasteiger partial charge in [0.05, 0.1) is 17.9 Å². The van der Waals surface area contributed by atoms with Crippen LogP contribution in [0.4, 0.5) is 28.4 Å². The normalized spacial score (nSPS) is 15.1. The monoisotopic (exact) mass is 678 g/mol. The van der Waals surface area contributed by atoms with E-state index in [0.717, 1.165) is 17.5 Å². The minimum absolute atomic E-state index is 0.0552. The molecule has 2 N–H and O–H groups in total. The van der Waals surface area contributed by atoms with Crippen LogP contribution in [0.25, 0.3) is 0 Å². The number of ketones is 1. The number of aromatic hydroxyl groups is 1. The first-order valence-electron chi connectivity index (χ1n) is 15.3. The first-order chi connectivity index (χ1) is 23.3. The van der Waals surface area contributed by atoms with E-state index in [0.29, 0.717) is 55.6 Å². The number of phenolic OH excluding ortho intramolecular Hbond substituents is 1. The van der Waals surface area contributed by atoms with Crippen LogP contribution in [-0.4, -0.2) is 101 Å². The van der Waals surface area contributed by atoms with Crippen LogP contribution in [0.15, 0.2) is 63.3 Å². The van der Waals surface area contributed by atoms with Gasteiger partial charge in [0, 0.05) is 43.7 Å². The van der Waals surface area contributed by atoms with Gasteiger partial charge in [0.2, 0.25) is 0 Å². The number of anilines is 1.